The van der Waals surface area contributed by atoms with Gasteiger partial charge in [-0.05, 0) is 30.7 Å². The van der Waals surface area contributed by atoms with E-state index < -0.39 is 0 Å². The minimum atomic E-state index is 0.440. The Bertz CT molecular complexity index is 442. The number of nitrogen functional groups attached to an aromatic ring is 1. The molecule has 2 rings (SSSR count). The third-order valence-corrected chi connectivity index (χ3v) is 4.62. The monoisotopic (exact) mass is 249 g/mol. The average molecular weight is 249 g/mol. The maximum Gasteiger partial charge on any atom is 0.129 e. The van der Waals surface area contributed by atoms with Gasteiger partial charge < -0.3 is 10.6 Å². The van der Waals surface area contributed by atoms with E-state index in [0.717, 1.165) is 18.1 Å². The predicted octanol–water partition coefficient (Wildman–Crippen LogP) is 3.22. The molecule has 0 bridgehead atoms. The number of hydrogen-bond acceptors (Lipinski definition) is 4. The first-order chi connectivity index (χ1) is 8.02. The molecule has 1 aromatic rings. The summed E-state index contributed by atoms with van der Waals surface area (Å²) in [6.45, 7) is 6.81. The van der Waals surface area contributed by atoms with Gasteiger partial charge in [0.2, 0.25) is 0 Å². The molecule has 2 heterocycles. The molecule has 0 amide bonds. The van der Waals surface area contributed by atoms with Gasteiger partial charge in [-0.15, -0.1) is 11.3 Å². The van der Waals surface area contributed by atoms with Gasteiger partial charge in [-0.25, -0.2) is 0 Å². The fraction of sp³-hybridized carbons (Fsp3) is 0.615. The maximum absolute atomic E-state index is 8.93. The molecule has 1 aromatic heterocycles. The largest absolute Gasteiger partial charge is 0.397 e. The third-order valence-electron chi connectivity index (χ3n) is 3.50. The molecule has 0 aliphatic carbocycles. The average Bonchev–Trinajstić information content (AvgIpc) is 2.54. The van der Waals surface area contributed by atoms with Gasteiger partial charge in [-0.1, -0.05) is 13.8 Å². The van der Waals surface area contributed by atoms with Crippen molar-refractivity contribution in [3.63, 3.8) is 0 Å². The second kappa shape index (κ2) is 4.58. The Labute approximate surface area is 107 Å². The number of nitrogens with zero attached hydrogens (tertiary/aromatic N) is 2. The molecule has 0 radical (unpaired) electrons. The molecule has 92 valence electrons. The lowest BCUT2D eigenvalue weighted by Gasteiger charge is -2.23. The molecular formula is C13H19N3S. The van der Waals surface area contributed by atoms with Crippen molar-refractivity contribution in [2.24, 2.45) is 5.41 Å². The highest BCUT2D eigenvalue weighted by molar-refractivity contribution is 7.17. The molecule has 0 atom stereocenters. The van der Waals surface area contributed by atoms with Crippen LogP contribution in [0.25, 0.3) is 0 Å². The topological polar surface area (TPSA) is 53.0 Å². The molecule has 2 N–H and O–H groups in total. The first-order valence-electron chi connectivity index (χ1n) is 6.06. The molecule has 3 nitrogen and oxygen atoms in total. The summed E-state index contributed by atoms with van der Waals surface area (Å²) in [6, 6.07) is 4.10. The number of nitriles is 1. The molecule has 1 aliphatic heterocycles. The summed E-state index contributed by atoms with van der Waals surface area (Å²) in [6.07, 6.45) is 3.69. The zero-order valence-corrected chi connectivity index (χ0v) is 11.3. The van der Waals surface area contributed by atoms with E-state index in [1.807, 2.05) is 6.07 Å². The Morgan fingerprint density at radius 2 is 2.18 bits per heavy atom. The van der Waals surface area contributed by atoms with E-state index in [1.165, 1.54) is 30.6 Å². The fourth-order valence-electron chi connectivity index (χ4n) is 2.28. The third kappa shape index (κ3) is 2.73. The van der Waals surface area contributed by atoms with Gasteiger partial charge in [-0.3, -0.25) is 0 Å². The summed E-state index contributed by atoms with van der Waals surface area (Å²) in [5.41, 5.74) is 6.87. The maximum atomic E-state index is 8.93. The summed E-state index contributed by atoms with van der Waals surface area (Å²) in [5.74, 6) is 0. The van der Waals surface area contributed by atoms with Crippen molar-refractivity contribution in [3.8, 4) is 6.07 Å². The van der Waals surface area contributed by atoms with Crippen LogP contribution in [0, 0.1) is 16.7 Å². The minimum Gasteiger partial charge on any atom is -0.397 e. The molecule has 1 fully saturated rings. The quantitative estimate of drug-likeness (QED) is 0.831. The Morgan fingerprint density at radius 3 is 2.82 bits per heavy atom. The Kier molecular flexibility index (Phi) is 3.30. The summed E-state index contributed by atoms with van der Waals surface area (Å²) in [7, 11) is 0. The highest BCUT2D eigenvalue weighted by atomic mass is 32.1. The van der Waals surface area contributed by atoms with E-state index in [0.29, 0.717) is 16.0 Å². The second-order valence-corrected chi connectivity index (χ2v) is 6.52. The van der Waals surface area contributed by atoms with Gasteiger partial charge in [0, 0.05) is 13.1 Å². The predicted molar refractivity (Wildman–Crippen MR) is 73.3 cm³/mol. The first kappa shape index (κ1) is 12.3. The van der Waals surface area contributed by atoms with Crippen LogP contribution in [0.5, 0.6) is 0 Å². The smallest absolute Gasteiger partial charge is 0.129 e. The van der Waals surface area contributed by atoms with Gasteiger partial charge in [0.25, 0.3) is 0 Å². The number of nitrogens with two attached hydrogens (primary N) is 1. The first-order valence-corrected chi connectivity index (χ1v) is 6.88. The van der Waals surface area contributed by atoms with Crippen molar-refractivity contribution in [1.29, 1.82) is 5.26 Å². The highest BCUT2D eigenvalue weighted by Crippen LogP contribution is 2.36. The van der Waals surface area contributed by atoms with Crippen LogP contribution in [0.4, 0.5) is 10.7 Å². The van der Waals surface area contributed by atoms with Crippen LogP contribution in [0.1, 0.15) is 38.0 Å². The van der Waals surface area contributed by atoms with Gasteiger partial charge in [0.05, 0.1) is 10.7 Å². The normalized spacial score (nSPS) is 19.7. The summed E-state index contributed by atoms with van der Waals surface area (Å²) in [4.78, 5) is 3.01. The molecule has 4 heteroatoms. The highest BCUT2D eigenvalue weighted by Gasteiger charge is 2.24. The zero-order chi connectivity index (χ0) is 12.5. The Hall–Kier alpha value is -1.21. The van der Waals surface area contributed by atoms with Crippen LogP contribution in [-0.4, -0.2) is 13.1 Å². The van der Waals surface area contributed by atoms with E-state index >= 15 is 0 Å². The standard InChI is InChI=1S/C13H19N3S/c1-13(2)4-3-6-16(7-5-13)12-8-10(15)11(9-14)17-12/h8H,3-7,15H2,1-2H3. The lowest BCUT2D eigenvalue weighted by molar-refractivity contribution is 0.325. The Balaban J connectivity index is 2.15. The van der Waals surface area contributed by atoms with Crippen molar-refractivity contribution in [3.05, 3.63) is 10.9 Å². The van der Waals surface area contributed by atoms with Crippen LogP contribution in [-0.2, 0) is 0 Å². The molecule has 0 unspecified atom stereocenters. The van der Waals surface area contributed by atoms with Crippen molar-refractivity contribution in [1.82, 2.24) is 0 Å². The SMILES string of the molecule is CC1(C)CCCN(c2cc(N)c(C#N)s2)CC1. The van der Waals surface area contributed by atoms with Gasteiger partial charge in [0.1, 0.15) is 10.9 Å². The summed E-state index contributed by atoms with van der Waals surface area (Å²) >= 11 is 1.52. The second-order valence-electron chi connectivity index (χ2n) is 5.49. The van der Waals surface area contributed by atoms with E-state index in [2.05, 4.69) is 24.8 Å². The van der Waals surface area contributed by atoms with Crippen molar-refractivity contribution >= 4 is 22.0 Å². The zero-order valence-electron chi connectivity index (χ0n) is 10.5. The van der Waals surface area contributed by atoms with Crippen LogP contribution in [0.3, 0.4) is 0 Å². The number of hydrogen-bond donors (Lipinski definition) is 1. The molecule has 0 spiro atoms. The van der Waals surface area contributed by atoms with Crippen molar-refractivity contribution < 1.29 is 0 Å². The number of thiophene rings is 1. The molecular weight excluding hydrogens is 230 g/mol. The molecule has 17 heavy (non-hydrogen) atoms. The van der Waals surface area contributed by atoms with E-state index in [-0.39, 0.29) is 0 Å². The summed E-state index contributed by atoms with van der Waals surface area (Å²) in [5, 5.41) is 10.1. The van der Waals surface area contributed by atoms with Gasteiger partial charge in [-0.2, -0.15) is 5.26 Å². The van der Waals surface area contributed by atoms with Crippen molar-refractivity contribution in [2.45, 2.75) is 33.1 Å². The lowest BCUT2D eigenvalue weighted by Crippen LogP contribution is -2.23. The van der Waals surface area contributed by atoms with Crippen LogP contribution in [0.15, 0.2) is 6.07 Å². The van der Waals surface area contributed by atoms with E-state index in [9.17, 15) is 0 Å². The van der Waals surface area contributed by atoms with E-state index in [4.69, 9.17) is 11.0 Å². The van der Waals surface area contributed by atoms with Crippen LogP contribution >= 0.6 is 11.3 Å². The molecule has 1 saturated heterocycles. The van der Waals surface area contributed by atoms with Gasteiger partial charge >= 0.3 is 0 Å². The minimum absolute atomic E-state index is 0.440. The van der Waals surface area contributed by atoms with Crippen LogP contribution in [0.2, 0.25) is 0 Å². The lowest BCUT2D eigenvalue weighted by atomic mass is 9.85. The molecule has 1 aliphatic rings. The Morgan fingerprint density at radius 1 is 1.41 bits per heavy atom. The summed E-state index contributed by atoms with van der Waals surface area (Å²) < 4.78 is 0. The molecule has 0 aromatic carbocycles. The van der Waals surface area contributed by atoms with Crippen molar-refractivity contribution in [2.75, 3.05) is 23.7 Å². The van der Waals surface area contributed by atoms with E-state index in [1.54, 1.807) is 0 Å². The fourth-order valence-corrected chi connectivity index (χ4v) is 3.21. The van der Waals surface area contributed by atoms with Crippen LogP contribution < -0.4 is 10.6 Å². The van der Waals surface area contributed by atoms with Gasteiger partial charge in [0.15, 0.2) is 0 Å². The molecule has 0 saturated carbocycles. The number of anilines is 2. The number of rotatable bonds is 1.